The molecule has 0 fully saturated rings. The number of phenols is 1. The van der Waals surface area contributed by atoms with E-state index in [9.17, 15) is 20.0 Å². The van der Waals surface area contributed by atoms with Crippen LogP contribution in [0.1, 0.15) is 10.4 Å². The highest BCUT2D eigenvalue weighted by Gasteiger charge is 2.13. The van der Waals surface area contributed by atoms with Crippen LogP contribution in [0, 0.1) is 10.1 Å². The van der Waals surface area contributed by atoms with Crippen molar-refractivity contribution in [3.05, 3.63) is 56.5 Å². The summed E-state index contributed by atoms with van der Waals surface area (Å²) in [7, 11) is 0. The SMILES string of the molecule is Nc1ccc(C(=O)Nc2ccc([N+](=O)[O-])cc2O)cc1Br. The maximum atomic E-state index is 12.0. The molecule has 8 heteroatoms. The van der Waals surface area contributed by atoms with Gasteiger partial charge in [-0.3, -0.25) is 14.9 Å². The summed E-state index contributed by atoms with van der Waals surface area (Å²) in [6.07, 6.45) is 0. The molecular weight excluding hydrogens is 342 g/mol. The summed E-state index contributed by atoms with van der Waals surface area (Å²) in [5.41, 5.74) is 6.26. The van der Waals surface area contributed by atoms with Crippen LogP contribution >= 0.6 is 15.9 Å². The molecule has 7 nitrogen and oxygen atoms in total. The summed E-state index contributed by atoms with van der Waals surface area (Å²) in [6.45, 7) is 0. The van der Waals surface area contributed by atoms with E-state index in [2.05, 4.69) is 21.2 Å². The number of hydrogen-bond acceptors (Lipinski definition) is 5. The van der Waals surface area contributed by atoms with Crippen molar-refractivity contribution in [2.75, 3.05) is 11.1 Å². The molecule has 2 rings (SSSR count). The van der Waals surface area contributed by atoms with Crippen LogP contribution in [0.5, 0.6) is 5.75 Å². The van der Waals surface area contributed by atoms with Crippen LogP contribution in [-0.4, -0.2) is 15.9 Å². The second kappa shape index (κ2) is 5.80. The molecule has 0 heterocycles. The molecule has 1 amide bonds. The third kappa shape index (κ3) is 3.29. The Labute approximate surface area is 127 Å². The molecule has 0 aliphatic heterocycles. The van der Waals surface area contributed by atoms with Crippen molar-refractivity contribution in [3.8, 4) is 5.75 Å². The van der Waals surface area contributed by atoms with Gasteiger partial charge in [-0.2, -0.15) is 0 Å². The van der Waals surface area contributed by atoms with Crippen LogP contribution in [0.3, 0.4) is 0 Å². The van der Waals surface area contributed by atoms with Crippen LogP contribution in [0.4, 0.5) is 17.1 Å². The first-order valence-corrected chi connectivity index (χ1v) is 6.51. The zero-order valence-corrected chi connectivity index (χ0v) is 12.1. The van der Waals surface area contributed by atoms with E-state index in [-0.39, 0.29) is 17.1 Å². The minimum atomic E-state index is -0.637. The van der Waals surface area contributed by atoms with Crippen molar-refractivity contribution in [1.29, 1.82) is 0 Å². The van der Waals surface area contributed by atoms with Gasteiger partial charge in [0.25, 0.3) is 11.6 Å². The van der Waals surface area contributed by atoms with Crippen molar-refractivity contribution >= 4 is 38.9 Å². The molecule has 0 spiro atoms. The van der Waals surface area contributed by atoms with Crippen LogP contribution in [0.25, 0.3) is 0 Å². The summed E-state index contributed by atoms with van der Waals surface area (Å²) >= 11 is 3.21. The molecule has 0 radical (unpaired) electrons. The number of halogens is 1. The minimum Gasteiger partial charge on any atom is -0.506 e. The Hall–Kier alpha value is -2.61. The molecule has 4 N–H and O–H groups in total. The number of aromatic hydroxyl groups is 1. The number of nitrogens with two attached hydrogens (primary N) is 1. The number of phenolic OH excluding ortho intramolecular Hbond substituents is 1. The van der Waals surface area contributed by atoms with Crippen LogP contribution in [0.15, 0.2) is 40.9 Å². The molecule has 0 aromatic heterocycles. The average Bonchev–Trinajstić information content (AvgIpc) is 2.43. The van der Waals surface area contributed by atoms with Crippen molar-refractivity contribution in [2.45, 2.75) is 0 Å². The smallest absolute Gasteiger partial charge is 0.273 e. The third-order valence-corrected chi connectivity index (χ3v) is 3.39. The lowest BCUT2D eigenvalue weighted by Crippen LogP contribution is -2.12. The fourth-order valence-corrected chi connectivity index (χ4v) is 1.98. The van der Waals surface area contributed by atoms with E-state index >= 15 is 0 Å². The number of nitro groups is 1. The molecule has 0 saturated carbocycles. The fourth-order valence-electron chi connectivity index (χ4n) is 1.60. The molecule has 0 atom stereocenters. The molecule has 0 unspecified atom stereocenters. The highest BCUT2D eigenvalue weighted by molar-refractivity contribution is 9.10. The number of amides is 1. The summed E-state index contributed by atoms with van der Waals surface area (Å²) in [6, 6.07) is 8.04. The first-order chi connectivity index (χ1) is 9.88. The van der Waals surface area contributed by atoms with Gasteiger partial charge >= 0.3 is 0 Å². The van der Waals surface area contributed by atoms with E-state index < -0.39 is 10.8 Å². The Bertz CT molecular complexity index is 733. The number of nitrogens with one attached hydrogen (secondary N) is 1. The van der Waals surface area contributed by atoms with Gasteiger partial charge in [0.05, 0.1) is 16.7 Å². The Morgan fingerprint density at radius 2 is 2.00 bits per heavy atom. The second-order valence-corrected chi connectivity index (χ2v) is 5.00. The number of hydrogen-bond donors (Lipinski definition) is 3. The van der Waals surface area contributed by atoms with E-state index in [4.69, 9.17) is 5.73 Å². The Morgan fingerprint density at radius 1 is 1.29 bits per heavy atom. The molecule has 0 saturated heterocycles. The number of nitrogen functional groups attached to an aromatic ring is 1. The highest BCUT2D eigenvalue weighted by Crippen LogP contribution is 2.28. The fraction of sp³-hybridized carbons (Fsp3) is 0. The summed E-state index contributed by atoms with van der Waals surface area (Å²) in [4.78, 5) is 22.0. The Morgan fingerprint density at radius 3 is 2.57 bits per heavy atom. The molecular formula is C13H10BrN3O4. The molecule has 0 bridgehead atoms. The van der Waals surface area contributed by atoms with Crippen LogP contribution in [0.2, 0.25) is 0 Å². The predicted molar refractivity (Wildman–Crippen MR) is 81.3 cm³/mol. The minimum absolute atomic E-state index is 0.0820. The maximum Gasteiger partial charge on any atom is 0.273 e. The zero-order chi connectivity index (χ0) is 15.6. The lowest BCUT2D eigenvalue weighted by atomic mass is 10.2. The van der Waals surface area contributed by atoms with Crippen molar-refractivity contribution in [3.63, 3.8) is 0 Å². The van der Waals surface area contributed by atoms with Crippen LogP contribution in [-0.2, 0) is 0 Å². The lowest BCUT2D eigenvalue weighted by Gasteiger charge is -2.08. The molecule has 2 aromatic rings. The Kier molecular flexibility index (Phi) is 4.08. The predicted octanol–water partition coefficient (Wildman–Crippen LogP) is 2.90. The number of nitro benzene ring substituents is 1. The van der Waals surface area contributed by atoms with Crippen LogP contribution < -0.4 is 11.1 Å². The Balaban J connectivity index is 2.23. The molecule has 0 aliphatic rings. The largest absolute Gasteiger partial charge is 0.506 e. The highest BCUT2D eigenvalue weighted by atomic mass is 79.9. The number of nitrogens with zero attached hydrogens (tertiary/aromatic N) is 1. The van der Waals surface area contributed by atoms with E-state index in [1.807, 2.05) is 0 Å². The topological polar surface area (TPSA) is 118 Å². The number of non-ortho nitro benzene ring substituents is 1. The van der Waals surface area contributed by atoms with Gasteiger partial charge in [0, 0.05) is 21.8 Å². The van der Waals surface area contributed by atoms with Gasteiger partial charge in [0.2, 0.25) is 0 Å². The molecule has 0 aliphatic carbocycles. The zero-order valence-electron chi connectivity index (χ0n) is 10.5. The number of carbonyl (C=O) groups excluding carboxylic acids is 1. The summed E-state index contributed by atoms with van der Waals surface area (Å²) in [5.74, 6) is -0.855. The van der Waals surface area contributed by atoms with Gasteiger partial charge in [0.1, 0.15) is 5.75 Å². The third-order valence-electron chi connectivity index (χ3n) is 2.70. The van der Waals surface area contributed by atoms with E-state index in [0.717, 1.165) is 6.07 Å². The number of carbonyl (C=O) groups is 1. The van der Waals surface area contributed by atoms with Gasteiger partial charge in [-0.15, -0.1) is 0 Å². The van der Waals surface area contributed by atoms with Crippen molar-refractivity contribution in [2.24, 2.45) is 0 Å². The van der Waals surface area contributed by atoms with Gasteiger partial charge in [-0.05, 0) is 40.2 Å². The maximum absolute atomic E-state index is 12.0. The normalized spacial score (nSPS) is 10.1. The lowest BCUT2D eigenvalue weighted by molar-refractivity contribution is -0.384. The van der Waals surface area contributed by atoms with Gasteiger partial charge < -0.3 is 16.2 Å². The quantitative estimate of drug-likeness (QED) is 0.340. The van der Waals surface area contributed by atoms with Gasteiger partial charge in [0.15, 0.2) is 0 Å². The second-order valence-electron chi connectivity index (χ2n) is 4.15. The van der Waals surface area contributed by atoms with Crippen molar-refractivity contribution < 1.29 is 14.8 Å². The van der Waals surface area contributed by atoms with E-state index in [1.54, 1.807) is 6.07 Å². The van der Waals surface area contributed by atoms with E-state index in [1.165, 1.54) is 24.3 Å². The molecule has 21 heavy (non-hydrogen) atoms. The van der Waals surface area contributed by atoms with E-state index in [0.29, 0.717) is 15.7 Å². The number of benzene rings is 2. The standard InChI is InChI=1S/C13H10BrN3O4/c14-9-5-7(1-3-10(9)15)13(19)16-11-4-2-8(17(20)21)6-12(11)18/h1-6,18H,15H2,(H,16,19). The first-order valence-electron chi connectivity index (χ1n) is 5.72. The molecule has 108 valence electrons. The summed E-state index contributed by atoms with van der Waals surface area (Å²) in [5, 5.41) is 22.7. The monoisotopic (exact) mass is 351 g/mol. The number of anilines is 2. The first kappa shape index (κ1) is 14.8. The molecule has 2 aromatic carbocycles. The average molecular weight is 352 g/mol. The summed E-state index contributed by atoms with van der Waals surface area (Å²) < 4.78 is 0.572. The van der Waals surface area contributed by atoms with Gasteiger partial charge in [-0.1, -0.05) is 0 Å². The van der Waals surface area contributed by atoms with Gasteiger partial charge in [-0.25, -0.2) is 0 Å². The number of rotatable bonds is 3. The van der Waals surface area contributed by atoms with Crippen molar-refractivity contribution in [1.82, 2.24) is 0 Å².